The summed E-state index contributed by atoms with van der Waals surface area (Å²) in [6, 6.07) is 3.16. The van der Waals surface area contributed by atoms with Crippen LogP contribution in [0.3, 0.4) is 0 Å². The summed E-state index contributed by atoms with van der Waals surface area (Å²) in [5.41, 5.74) is 9.25. The molecule has 0 spiro atoms. The lowest BCUT2D eigenvalue weighted by Crippen LogP contribution is -2.16. The first kappa shape index (κ1) is 13.2. The standard InChI is InChI=1S/C14H22FN/c1-5-9(2)6-13(16)14-10(3)7-12(15)8-11(14)4/h7-9,13H,5-6,16H2,1-4H3. The van der Waals surface area contributed by atoms with E-state index in [0.717, 1.165) is 29.5 Å². The van der Waals surface area contributed by atoms with Crippen LogP contribution in [0.15, 0.2) is 12.1 Å². The molecule has 0 radical (unpaired) electrons. The van der Waals surface area contributed by atoms with E-state index in [1.807, 2.05) is 13.8 Å². The molecule has 0 fully saturated rings. The smallest absolute Gasteiger partial charge is 0.123 e. The van der Waals surface area contributed by atoms with Crippen molar-refractivity contribution in [3.63, 3.8) is 0 Å². The van der Waals surface area contributed by atoms with Crippen LogP contribution in [-0.4, -0.2) is 0 Å². The Morgan fingerprint density at radius 2 is 1.75 bits per heavy atom. The van der Waals surface area contributed by atoms with Crippen molar-refractivity contribution in [2.75, 3.05) is 0 Å². The van der Waals surface area contributed by atoms with Crippen molar-refractivity contribution < 1.29 is 4.39 Å². The van der Waals surface area contributed by atoms with Crippen LogP contribution in [0.1, 0.15) is 49.4 Å². The zero-order valence-electron chi connectivity index (χ0n) is 10.7. The van der Waals surface area contributed by atoms with Crippen molar-refractivity contribution in [2.45, 2.75) is 46.6 Å². The minimum Gasteiger partial charge on any atom is -0.324 e. The van der Waals surface area contributed by atoms with Gasteiger partial charge in [-0.15, -0.1) is 0 Å². The third kappa shape index (κ3) is 3.05. The van der Waals surface area contributed by atoms with Gasteiger partial charge in [-0.1, -0.05) is 20.3 Å². The summed E-state index contributed by atoms with van der Waals surface area (Å²) in [7, 11) is 0. The summed E-state index contributed by atoms with van der Waals surface area (Å²) >= 11 is 0. The molecule has 0 aliphatic heterocycles. The predicted octanol–water partition coefficient (Wildman–Crippen LogP) is 3.88. The van der Waals surface area contributed by atoms with Gasteiger partial charge in [0.15, 0.2) is 0 Å². The van der Waals surface area contributed by atoms with Gasteiger partial charge < -0.3 is 5.73 Å². The van der Waals surface area contributed by atoms with Gasteiger partial charge in [-0.05, 0) is 55.0 Å². The Balaban J connectivity index is 2.95. The number of aryl methyl sites for hydroxylation is 2. The molecule has 0 saturated heterocycles. The van der Waals surface area contributed by atoms with Gasteiger partial charge in [-0.25, -0.2) is 4.39 Å². The molecule has 2 atom stereocenters. The predicted molar refractivity (Wildman–Crippen MR) is 66.9 cm³/mol. The number of nitrogens with two attached hydrogens (primary N) is 1. The molecule has 0 aromatic heterocycles. The highest BCUT2D eigenvalue weighted by molar-refractivity contribution is 5.36. The molecule has 1 aromatic carbocycles. The van der Waals surface area contributed by atoms with E-state index >= 15 is 0 Å². The maximum Gasteiger partial charge on any atom is 0.123 e. The van der Waals surface area contributed by atoms with Crippen LogP contribution < -0.4 is 5.73 Å². The molecule has 1 aromatic rings. The Morgan fingerprint density at radius 3 is 2.19 bits per heavy atom. The van der Waals surface area contributed by atoms with E-state index in [9.17, 15) is 4.39 Å². The Kier molecular flexibility index (Phi) is 4.48. The normalized spacial score (nSPS) is 14.9. The number of hydrogen-bond donors (Lipinski definition) is 1. The second-order valence-electron chi connectivity index (χ2n) is 4.81. The van der Waals surface area contributed by atoms with E-state index in [4.69, 9.17) is 5.73 Å². The molecule has 2 heteroatoms. The number of hydrogen-bond acceptors (Lipinski definition) is 1. The van der Waals surface area contributed by atoms with Crippen LogP contribution in [0.4, 0.5) is 4.39 Å². The van der Waals surface area contributed by atoms with Gasteiger partial charge in [0.25, 0.3) is 0 Å². The Morgan fingerprint density at radius 1 is 1.25 bits per heavy atom. The fourth-order valence-corrected chi connectivity index (χ4v) is 2.22. The molecule has 0 aliphatic rings. The number of halogens is 1. The largest absolute Gasteiger partial charge is 0.324 e. The zero-order chi connectivity index (χ0) is 12.3. The lowest BCUT2D eigenvalue weighted by atomic mass is 9.90. The highest BCUT2D eigenvalue weighted by Gasteiger charge is 2.15. The van der Waals surface area contributed by atoms with Gasteiger partial charge in [0.1, 0.15) is 5.82 Å². The van der Waals surface area contributed by atoms with Crippen LogP contribution in [0.25, 0.3) is 0 Å². The van der Waals surface area contributed by atoms with Crippen molar-refractivity contribution in [1.82, 2.24) is 0 Å². The van der Waals surface area contributed by atoms with E-state index < -0.39 is 0 Å². The van der Waals surface area contributed by atoms with Gasteiger partial charge in [0, 0.05) is 6.04 Å². The van der Waals surface area contributed by atoms with Gasteiger partial charge >= 0.3 is 0 Å². The fourth-order valence-electron chi connectivity index (χ4n) is 2.22. The summed E-state index contributed by atoms with van der Waals surface area (Å²) in [5.74, 6) is 0.438. The van der Waals surface area contributed by atoms with Crippen LogP contribution in [0.5, 0.6) is 0 Å². The second kappa shape index (κ2) is 5.44. The molecule has 0 aliphatic carbocycles. The molecule has 0 amide bonds. The van der Waals surface area contributed by atoms with E-state index in [0.29, 0.717) is 5.92 Å². The minimum atomic E-state index is -0.172. The summed E-state index contributed by atoms with van der Waals surface area (Å²) in [4.78, 5) is 0. The molecule has 0 heterocycles. The Labute approximate surface area is 97.9 Å². The van der Waals surface area contributed by atoms with E-state index in [1.165, 1.54) is 0 Å². The van der Waals surface area contributed by atoms with Crippen molar-refractivity contribution in [1.29, 1.82) is 0 Å². The monoisotopic (exact) mass is 223 g/mol. The van der Waals surface area contributed by atoms with Crippen molar-refractivity contribution >= 4 is 0 Å². The average molecular weight is 223 g/mol. The molecule has 0 bridgehead atoms. The van der Waals surface area contributed by atoms with E-state index in [-0.39, 0.29) is 11.9 Å². The highest BCUT2D eigenvalue weighted by atomic mass is 19.1. The first-order chi connectivity index (χ1) is 7.45. The Hall–Kier alpha value is -0.890. The van der Waals surface area contributed by atoms with Crippen molar-refractivity contribution in [2.24, 2.45) is 11.7 Å². The van der Waals surface area contributed by atoms with Crippen molar-refractivity contribution in [3.8, 4) is 0 Å². The summed E-state index contributed by atoms with van der Waals surface area (Å²) in [6.45, 7) is 8.24. The minimum absolute atomic E-state index is 0.0237. The highest BCUT2D eigenvalue weighted by Crippen LogP contribution is 2.27. The molecule has 1 rings (SSSR count). The molecule has 2 N–H and O–H groups in total. The molecular formula is C14H22FN. The topological polar surface area (TPSA) is 26.0 Å². The molecule has 90 valence electrons. The summed E-state index contributed by atoms with van der Waals surface area (Å²) in [5, 5.41) is 0. The Bertz CT molecular complexity index is 337. The van der Waals surface area contributed by atoms with Gasteiger partial charge in [0.05, 0.1) is 0 Å². The molecule has 2 unspecified atom stereocenters. The van der Waals surface area contributed by atoms with Gasteiger partial charge in [-0.2, -0.15) is 0 Å². The molecule has 1 nitrogen and oxygen atoms in total. The van der Waals surface area contributed by atoms with Gasteiger partial charge in [-0.3, -0.25) is 0 Å². The van der Waals surface area contributed by atoms with Crippen LogP contribution in [0.2, 0.25) is 0 Å². The number of rotatable bonds is 4. The lowest BCUT2D eigenvalue weighted by Gasteiger charge is -2.20. The maximum absolute atomic E-state index is 13.2. The molecular weight excluding hydrogens is 201 g/mol. The quantitative estimate of drug-likeness (QED) is 0.823. The maximum atomic E-state index is 13.2. The first-order valence-corrected chi connectivity index (χ1v) is 5.97. The summed E-state index contributed by atoms with van der Waals surface area (Å²) < 4.78 is 13.2. The van der Waals surface area contributed by atoms with Crippen LogP contribution >= 0.6 is 0 Å². The fraction of sp³-hybridized carbons (Fsp3) is 0.571. The third-order valence-electron chi connectivity index (χ3n) is 3.28. The van der Waals surface area contributed by atoms with E-state index in [1.54, 1.807) is 12.1 Å². The SMILES string of the molecule is CCC(C)CC(N)c1c(C)cc(F)cc1C. The van der Waals surface area contributed by atoms with E-state index in [2.05, 4.69) is 13.8 Å². The zero-order valence-corrected chi connectivity index (χ0v) is 10.7. The second-order valence-corrected chi connectivity index (χ2v) is 4.81. The lowest BCUT2D eigenvalue weighted by molar-refractivity contribution is 0.459. The van der Waals surface area contributed by atoms with Crippen LogP contribution in [0, 0.1) is 25.6 Å². The first-order valence-electron chi connectivity index (χ1n) is 5.97. The molecule has 0 saturated carbocycles. The average Bonchev–Trinajstić information content (AvgIpc) is 2.15. The molecule has 16 heavy (non-hydrogen) atoms. The number of benzene rings is 1. The third-order valence-corrected chi connectivity index (χ3v) is 3.28. The van der Waals surface area contributed by atoms with Gasteiger partial charge in [0.2, 0.25) is 0 Å². The summed E-state index contributed by atoms with van der Waals surface area (Å²) in [6.07, 6.45) is 2.09. The van der Waals surface area contributed by atoms with Crippen molar-refractivity contribution in [3.05, 3.63) is 34.6 Å². The van der Waals surface area contributed by atoms with Crippen LogP contribution in [-0.2, 0) is 0 Å².